The summed E-state index contributed by atoms with van der Waals surface area (Å²) in [7, 11) is 0. The van der Waals surface area contributed by atoms with Crippen molar-refractivity contribution in [2.24, 2.45) is 11.8 Å². The molecule has 0 aliphatic carbocycles. The molecule has 1 heteroatoms. The Morgan fingerprint density at radius 1 is 0.895 bits per heavy atom. The molecule has 0 amide bonds. The second kappa shape index (κ2) is 6.77. The average Bonchev–Trinajstić information content (AvgIpc) is 2.45. The van der Waals surface area contributed by atoms with E-state index < -0.39 is 0 Å². The fraction of sp³-hybridized carbons (Fsp3) is 0.333. The molecular weight excluding hydrogens is 252 g/mol. The smallest absolute Gasteiger partial charge is 0.0257 e. The fourth-order valence-corrected chi connectivity index (χ4v) is 2.81. The molecule has 100 valence electrons. The van der Waals surface area contributed by atoms with Crippen LogP contribution in [0.5, 0.6) is 0 Å². The van der Waals surface area contributed by atoms with Gasteiger partial charge in [0.1, 0.15) is 0 Å². The molecule has 0 radical (unpaired) electrons. The molecule has 0 spiro atoms. The minimum Gasteiger partial charge on any atom is -0.126 e. The van der Waals surface area contributed by atoms with E-state index in [0.717, 1.165) is 12.3 Å². The van der Waals surface area contributed by atoms with Gasteiger partial charge in [-0.1, -0.05) is 68.4 Å². The Kier molecular flexibility index (Phi) is 5.04. The van der Waals surface area contributed by atoms with Crippen molar-refractivity contribution in [3.05, 3.63) is 60.2 Å². The number of halogens is 1. The molecule has 1 atom stereocenters. The normalized spacial score (nSPS) is 12.6. The van der Waals surface area contributed by atoms with Crippen molar-refractivity contribution < 1.29 is 0 Å². The van der Waals surface area contributed by atoms with Gasteiger partial charge >= 0.3 is 0 Å². The maximum absolute atomic E-state index is 6.11. The van der Waals surface area contributed by atoms with Crippen molar-refractivity contribution in [3.8, 4) is 11.1 Å². The van der Waals surface area contributed by atoms with Gasteiger partial charge in [0.05, 0.1) is 0 Å². The third-order valence-corrected chi connectivity index (χ3v) is 4.12. The van der Waals surface area contributed by atoms with Gasteiger partial charge in [0, 0.05) is 5.88 Å². The molecule has 0 saturated heterocycles. The highest BCUT2D eigenvalue weighted by Crippen LogP contribution is 2.27. The first-order valence-corrected chi connectivity index (χ1v) is 7.45. The molecule has 2 rings (SSSR count). The topological polar surface area (TPSA) is 0 Å². The molecule has 1 unspecified atom stereocenters. The number of hydrogen-bond acceptors (Lipinski definition) is 0. The largest absolute Gasteiger partial charge is 0.126 e. The third kappa shape index (κ3) is 3.61. The van der Waals surface area contributed by atoms with Crippen LogP contribution in [0.1, 0.15) is 19.4 Å². The number of rotatable bonds is 5. The van der Waals surface area contributed by atoms with E-state index in [1.807, 2.05) is 0 Å². The molecule has 0 aliphatic rings. The third-order valence-electron chi connectivity index (χ3n) is 3.73. The predicted octanol–water partition coefficient (Wildman–Crippen LogP) is 5.41. The lowest BCUT2D eigenvalue weighted by atomic mass is 9.87. The quantitative estimate of drug-likeness (QED) is 0.639. The first-order chi connectivity index (χ1) is 9.22. The monoisotopic (exact) mass is 272 g/mol. The van der Waals surface area contributed by atoms with Crippen LogP contribution in [-0.4, -0.2) is 5.88 Å². The van der Waals surface area contributed by atoms with E-state index in [2.05, 4.69) is 68.4 Å². The minimum absolute atomic E-state index is 0.534. The maximum atomic E-state index is 6.11. The first-order valence-electron chi connectivity index (χ1n) is 6.91. The van der Waals surface area contributed by atoms with E-state index in [4.69, 9.17) is 11.6 Å². The van der Waals surface area contributed by atoms with Gasteiger partial charge in [0.2, 0.25) is 0 Å². The van der Waals surface area contributed by atoms with E-state index in [9.17, 15) is 0 Å². The lowest BCUT2D eigenvalue weighted by Crippen LogP contribution is -2.14. The minimum atomic E-state index is 0.534. The van der Waals surface area contributed by atoms with E-state index in [1.165, 1.54) is 16.7 Å². The Balaban J connectivity index is 2.32. The summed E-state index contributed by atoms with van der Waals surface area (Å²) >= 11 is 6.11. The number of benzene rings is 2. The van der Waals surface area contributed by atoms with Crippen molar-refractivity contribution in [2.45, 2.75) is 20.3 Å². The Labute approximate surface area is 121 Å². The van der Waals surface area contributed by atoms with Crippen LogP contribution in [0.3, 0.4) is 0 Å². The van der Waals surface area contributed by atoms with Crippen LogP contribution in [0.2, 0.25) is 0 Å². The summed E-state index contributed by atoms with van der Waals surface area (Å²) in [5.41, 5.74) is 4.02. The summed E-state index contributed by atoms with van der Waals surface area (Å²) in [5.74, 6) is 1.87. The van der Waals surface area contributed by atoms with Gasteiger partial charge in [-0.15, -0.1) is 11.6 Å². The van der Waals surface area contributed by atoms with Crippen LogP contribution < -0.4 is 0 Å². The highest BCUT2D eigenvalue weighted by Gasteiger charge is 2.15. The SMILES string of the molecule is CC(C)C(CCl)Cc1ccccc1-c1ccccc1. The summed E-state index contributed by atoms with van der Waals surface area (Å²) in [4.78, 5) is 0. The summed E-state index contributed by atoms with van der Waals surface area (Å²) in [5, 5.41) is 0. The molecule has 0 aromatic heterocycles. The summed E-state index contributed by atoms with van der Waals surface area (Å²) < 4.78 is 0. The number of alkyl halides is 1. The molecule has 0 saturated carbocycles. The van der Waals surface area contributed by atoms with Gasteiger partial charge in [-0.2, -0.15) is 0 Å². The van der Waals surface area contributed by atoms with Gasteiger partial charge in [-0.05, 0) is 34.9 Å². The molecule has 0 fully saturated rings. The molecule has 0 N–H and O–H groups in total. The highest BCUT2D eigenvalue weighted by molar-refractivity contribution is 6.18. The molecule has 0 heterocycles. The molecule has 2 aromatic rings. The van der Waals surface area contributed by atoms with E-state index in [-0.39, 0.29) is 0 Å². The van der Waals surface area contributed by atoms with Crippen LogP contribution in [0.25, 0.3) is 11.1 Å². The highest BCUT2D eigenvalue weighted by atomic mass is 35.5. The standard InChI is InChI=1S/C18H21Cl/c1-14(2)17(13-19)12-16-10-6-7-11-18(16)15-8-4-3-5-9-15/h3-11,14,17H,12-13H2,1-2H3. The Hall–Kier alpha value is -1.27. The van der Waals surface area contributed by atoms with Crippen molar-refractivity contribution in [2.75, 3.05) is 5.88 Å². The number of hydrogen-bond donors (Lipinski definition) is 0. The van der Waals surface area contributed by atoms with Crippen LogP contribution in [0.4, 0.5) is 0 Å². The molecule has 0 aliphatic heterocycles. The Morgan fingerprint density at radius 2 is 1.53 bits per heavy atom. The fourth-order valence-electron chi connectivity index (χ4n) is 2.35. The zero-order valence-electron chi connectivity index (χ0n) is 11.6. The molecule has 0 bridgehead atoms. The van der Waals surface area contributed by atoms with Crippen LogP contribution in [0, 0.1) is 11.8 Å². The van der Waals surface area contributed by atoms with Crippen LogP contribution in [0.15, 0.2) is 54.6 Å². The van der Waals surface area contributed by atoms with Crippen molar-refractivity contribution in [3.63, 3.8) is 0 Å². The Morgan fingerprint density at radius 3 is 2.16 bits per heavy atom. The van der Waals surface area contributed by atoms with Gasteiger partial charge in [-0.25, -0.2) is 0 Å². The van der Waals surface area contributed by atoms with Gasteiger partial charge in [0.15, 0.2) is 0 Å². The average molecular weight is 273 g/mol. The van der Waals surface area contributed by atoms with E-state index >= 15 is 0 Å². The van der Waals surface area contributed by atoms with Crippen molar-refractivity contribution in [1.29, 1.82) is 0 Å². The van der Waals surface area contributed by atoms with Crippen molar-refractivity contribution >= 4 is 11.6 Å². The second-order valence-corrected chi connectivity index (χ2v) is 5.69. The molecule has 2 aromatic carbocycles. The lowest BCUT2D eigenvalue weighted by Gasteiger charge is -2.20. The second-order valence-electron chi connectivity index (χ2n) is 5.39. The molecule has 0 nitrogen and oxygen atoms in total. The molecular formula is C18H21Cl. The zero-order chi connectivity index (χ0) is 13.7. The van der Waals surface area contributed by atoms with Gasteiger partial charge in [-0.3, -0.25) is 0 Å². The van der Waals surface area contributed by atoms with Gasteiger partial charge < -0.3 is 0 Å². The zero-order valence-corrected chi connectivity index (χ0v) is 12.4. The lowest BCUT2D eigenvalue weighted by molar-refractivity contribution is 0.422. The summed E-state index contributed by atoms with van der Waals surface area (Å²) in [6.07, 6.45) is 1.05. The van der Waals surface area contributed by atoms with Crippen LogP contribution >= 0.6 is 11.6 Å². The molecule has 19 heavy (non-hydrogen) atoms. The van der Waals surface area contributed by atoms with Crippen LogP contribution in [-0.2, 0) is 6.42 Å². The van der Waals surface area contributed by atoms with Gasteiger partial charge in [0.25, 0.3) is 0 Å². The Bertz CT molecular complexity index is 502. The predicted molar refractivity (Wildman–Crippen MR) is 84.6 cm³/mol. The van der Waals surface area contributed by atoms with E-state index in [0.29, 0.717) is 11.8 Å². The maximum Gasteiger partial charge on any atom is 0.0257 e. The van der Waals surface area contributed by atoms with E-state index in [1.54, 1.807) is 0 Å². The summed E-state index contributed by atoms with van der Waals surface area (Å²) in [6, 6.07) is 19.2. The summed E-state index contributed by atoms with van der Waals surface area (Å²) in [6.45, 7) is 4.50. The van der Waals surface area contributed by atoms with Crippen molar-refractivity contribution in [1.82, 2.24) is 0 Å². The first kappa shape index (κ1) is 14.1.